The summed E-state index contributed by atoms with van der Waals surface area (Å²) in [5, 5.41) is 6.92. The van der Waals surface area contributed by atoms with Crippen molar-refractivity contribution in [2.45, 2.75) is 19.4 Å². The summed E-state index contributed by atoms with van der Waals surface area (Å²) in [4.78, 5) is 21.5. The van der Waals surface area contributed by atoms with E-state index in [9.17, 15) is 9.18 Å². The number of pyridine rings is 2. The van der Waals surface area contributed by atoms with Gasteiger partial charge in [0.1, 0.15) is 17.1 Å². The largest absolute Gasteiger partial charge is 0.493 e. The minimum Gasteiger partial charge on any atom is -0.493 e. The smallest absolute Gasteiger partial charge is 0.257 e. The molecule has 0 unspecified atom stereocenters. The molecule has 4 aromatic rings. The molecular formula is C24H23FN6O3. The van der Waals surface area contributed by atoms with Crippen LogP contribution in [-0.4, -0.2) is 39.2 Å². The standard InChI is InChI=1S/C24H23FN6O3/c1-33-23-19(8-17(12-28-23)15-6-7-31-21(9-15)29-24(26)30-31)22(32)27-11-16-4-5-18(25)10-20(16)34-13-14-2-3-14/h4-10,12,14H,2-3,11,13H2,1H3,(H2,26,30)(H,27,32). The average Bonchev–Trinajstić information content (AvgIpc) is 3.60. The zero-order chi connectivity index (χ0) is 23.7. The molecule has 0 aliphatic heterocycles. The van der Waals surface area contributed by atoms with E-state index in [0.29, 0.717) is 35.0 Å². The number of nitrogens with one attached hydrogen (secondary N) is 1. The van der Waals surface area contributed by atoms with Crippen LogP contribution >= 0.6 is 0 Å². The van der Waals surface area contributed by atoms with Gasteiger partial charge in [0.2, 0.25) is 11.8 Å². The Bertz CT molecular complexity index is 1370. The fraction of sp³-hybridized carbons (Fsp3) is 0.250. The molecule has 3 aromatic heterocycles. The molecule has 1 amide bonds. The van der Waals surface area contributed by atoms with Gasteiger partial charge in [0.15, 0.2) is 5.65 Å². The molecule has 1 aliphatic carbocycles. The first-order valence-corrected chi connectivity index (χ1v) is 10.9. The fourth-order valence-corrected chi connectivity index (χ4v) is 3.59. The van der Waals surface area contributed by atoms with Crippen LogP contribution in [0.15, 0.2) is 48.8 Å². The van der Waals surface area contributed by atoms with Gasteiger partial charge in [0.25, 0.3) is 5.91 Å². The molecular weight excluding hydrogens is 439 g/mol. The number of carbonyl (C=O) groups is 1. The van der Waals surface area contributed by atoms with Crippen LogP contribution in [0.25, 0.3) is 16.8 Å². The van der Waals surface area contributed by atoms with Gasteiger partial charge in [0, 0.05) is 36.1 Å². The number of hydrogen-bond acceptors (Lipinski definition) is 7. The van der Waals surface area contributed by atoms with E-state index < -0.39 is 0 Å². The van der Waals surface area contributed by atoms with Gasteiger partial charge < -0.3 is 20.5 Å². The minimum absolute atomic E-state index is 0.164. The number of ether oxygens (including phenoxy) is 2. The molecule has 3 heterocycles. The Balaban J connectivity index is 1.37. The van der Waals surface area contributed by atoms with Gasteiger partial charge in [-0.15, -0.1) is 5.10 Å². The third-order valence-corrected chi connectivity index (χ3v) is 5.62. The van der Waals surface area contributed by atoms with Crippen molar-refractivity contribution in [1.29, 1.82) is 0 Å². The lowest BCUT2D eigenvalue weighted by Crippen LogP contribution is -2.24. The number of hydrogen-bond donors (Lipinski definition) is 2. The topological polar surface area (TPSA) is 117 Å². The van der Waals surface area contributed by atoms with Crippen LogP contribution in [0.1, 0.15) is 28.8 Å². The monoisotopic (exact) mass is 462 g/mol. The van der Waals surface area contributed by atoms with Crippen molar-refractivity contribution in [3.63, 3.8) is 0 Å². The van der Waals surface area contributed by atoms with Gasteiger partial charge in [0.05, 0.1) is 13.7 Å². The summed E-state index contributed by atoms with van der Waals surface area (Å²) in [5.41, 5.74) is 8.68. The van der Waals surface area contributed by atoms with Crippen LogP contribution in [0.5, 0.6) is 11.6 Å². The summed E-state index contributed by atoms with van der Waals surface area (Å²) in [6.07, 6.45) is 5.60. The highest BCUT2D eigenvalue weighted by Gasteiger charge is 2.23. The summed E-state index contributed by atoms with van der Waals surface area (Å²) in [7, 11) is 1.45. The summed E-state index contributed by atoms with van der Waals surface area (Å²) >= 11 is 0. The minimum atomic E-state index is -0.383. The number of benzene rings is 1. The summed E-state index contributed by atoms with van der Waals surface area (Å²) in [6.45, 7) is 0.712. The number of carbonyl (C=O) groups excluding carboxylic acids is 1. The van der Waals surface area contributed by atoms with Crippen molar-refractivity contribution in [3.8, 4) is 22.8 Å². The molecule has 3 N–H and O–H groups in total. The molecule has 0 radical (unpaired) electrons. The van der Waals surface area contributed by atoms with Crippen molar-refractivity contribution in [2.24, 2.45) is 5.92 Å². The molecule has 1 aliphatic rings. The van der Waals surface area contributed by atoms with Crippen LogP contribution < -0.4 is 20.5 Å². The molecule has 0 bridgehead atoms. The molecule has 174 valence electrons. The summed E-state index contributed by atoms with van der Waals surface area (Å²) < 4.78 is 26.4. The molecule has 10 heteroatoms. The van der Waals surface area contributed by atoms with Gasteiger partial charge in [-0.25, -0.2) is 13.9 Å². The Labute approximate surface area is 194 Å². The van der Waals surface area contributed by atoms with Crippen molar-refractivity contribution < 1.29 is 18.7 Å². The number of methoxy groups -OCH3 is 1. The number of fused-ring (bicyclic) bond motifs is 1. The highest BCUT2D eigenvalue weighted by molar-refractivity contribution is 5.97. The van der Waals surface area contributed by atoms with Crippen LogP contribution in [0, 0.1) is 11.7 Å². The van der Waals surface area contributed by atoms with E-state index >= 15 is 0 Å². The number of aromatic nitrogens is 4. The lowest BCUT2D eigenvalue weighted by molar-refractivity contribution is 0.0947. The Hall–Kier alpha value is -4.21. The lowest BCUT2D eigenvalue weighted by Gasteiger charge is -2.14. The SMILES string of the molecule is COc1ncc(-c2ccn3nc(N)nc3c2)cc1C(=O)NCc1ccc(F)cc1OCC1CC1. The van der Waals surface area contributed by atoms with Crippen molar-refractivity contribution in [1.82, 2.24) is 24.9 Å². The van der Waals surface area contributed by atoms with E-state index in [1.165, 1.54) is 19.2 Å². The molecule has 1 fully saturated rings. The predicted molar refractivity (Wildman–Crippen MR) is 123 cm³/mol. The molecule has 1 aromatic carbocycles. The average molecular weight is 462 g/mol. The first kappa shape index (κ1) is 21.6. The molecule has 34 heavy (non-hydrogen) atoms. The molecule has 0 spiro atoms. The van der Waals surface area contributed by atoms with Crippen molar-refractivity contribution in [3.05, 3.63) is 65.7 Å². The van der Waals surface area contributed by atoms with Crippen LogP contribution in [0.2, 0.25) is 0 Å². The molecule has 0 saturated heterocycles. The first-order chi connectivity index (χ1) is 16.5. The van der Waals surface area contributed by atoms with Crippen LogP contribution in [-0.2, 0) is 6.54 Å². The maximum atomic E-state index is 13.7. The third-order valence-electron chi connectivity index (χ3n) is 5.62. The van der Waals surface area contributed by atoms with Gasteiger partial charge in [-0.05, 0) is 48.6 Å². The second-order valence-electron chi connectivity index (χ2n) is 8.16. The predicted octanol–water partition coefficient (Wildman–Crippen LogP) is 3.24. The van der Waals surface area contributed by atoms with Gasteiger partial charge in [-0.3, -0.25) is 4.79 Å². The zero-order valence-electron chi connectivity index (χ0n) is 18.5. The number of halogens is 1. The molecule has 5 rings (SSSR count). The summed E-state index contributed by atoms with van der Waals surface area (Å²) in [6, 6.07) is 9.64. The van der Waals surface area contributed by atoms with E-state index in [1.807, 2.05) is 6.07 Å². The number of amides is 1. The van der Waals surface area contributed by atoms with Gasteiger partial charge in [-0.2, -0.15) is 4.98 Å². The van der Waals surface area contributed by atoms with E-state index in [1.54, 1.807) is 35.1 Å². The number of rotatable bonds is 8. The Morgan fingerprint density at radius 3 is 2.88 bits per heavy atom. The Morgan fingerprint density at radius 1 is 1.24 bits per heavy atom. The number of nitrogen functional groups attached to an aromatic ring is 1. The van der Waals surface area contributed by atoms with E-state index in [-0.39, 0.29) is 35.7 Å². The van der Waals surface area contributed by atoms with Crippen LogP contribution in [0.3, 0.4) is 0 Å². The quantitative estimate of drug-likeness (QED) is 0.413. The van der Waals surface area contributed by atoms with Crippen molar-refractivity contribution >= 4 is 17.5 Å². The van der Waals surface area contributed by atoms with Crippen molar-refractivity contribution in [2.75, 3.05) is 19.5 Å². The first-order valence-electron chi connectivity index (χ1n) is 10.9. The van der Waals surface area contributed by atoms with E-state index in [2.05, 4.69) is 20.4 Å². The highest BCUT2D eigenvalue weighted by atomic mass is 19.1. The van der Waals surface area contributed by atoms with E-state index in [0.717, 1.165) is 18.4 Å². The number of anilines is 1. The Kier molecular flexibility index (Phi) is 5.70. The maximum absolute atomic E-state index is 13.7. The molecule has 9 nitrogen and oxygen atoms in total. The van der Waals surface area contributed by atoms with E-state index in [4.69, 9.17) is 15.2 Å². The Morgan fingerprint density at radius 2 is 2.09 bits per heavy atom. The molecule has 1 saturated carbocycles. The number of nitrogens with two attached hydrogens (primary N) is 1. The second kappa shape index (κ2) is 8.97. The van der Waals surface area contributed by atoms with Gasteiger partial charge in [-0.1, -0.05) is 6.07 Å². The summed E-state index contributed by atoms with van der Waals surface area (Å²) in [5.74, 6) is 0.566. The normalized spacial score (nSPS) is 13.1. The number of nitrogens with zero attached hydrogens (tertiary/aromatic N) is 4. The third kappa shape index (κ3) is 4.61. The van der Waals surface area contributed by atoms with Crippen LogP contribution in [0.4, 0.5) is 10.3 Å². The zero-order valence-corrected chi connectivity index (χ0v) is 18.5. The fourth-order valence-electron chi connectivity index (χ4n) is 3.59. The van der Waals surface area contributed by atoms with Gasteiger partial charge >= 0.3 is 0 Å². The second-order valence-corrected chi connectivity index (χ2v) is 8.16. The molecule has 0 atom stereocenters. The highest BCUT2D eigenvalue weighted by Crippen LogP contribution is 2.31. The lowest BCUT2D eigenvalue weighted by atomic mass is 10.1. The maximum Gasteiger partial charge on any atom is 0.257 e.